The zero-order valence-electron chi connectivity index (χ0n) is 19.7. The molecule has 0 aromatic heterocycles. The van der Waals surface area contributed by atoms with E-state index in [9.17, 15) is 14.9 Å². The number of rotatable bonds is 3. The highest BCUT2D eigenvalue weighted by Gasteiger charge is 2.63. The van der Waals surface area contributed by atoms with Crippen molar-refractivity contribution in [2.75, 3.05) is 23.4 Å². The molecule has 6 rings (SSSR count). The van der Waals surface area contributed by atoms with Crippen LogP contribution < -0.4 is 15.5 Å². The first-order chi connectivity index (χ1) is 17.5. The van der Waals surface area contributed by atoms with Gasteiger partial charge in [0.1, 0.15) is 17.3 Å². The first-order valence-electron chi connectivity index (χ1n) is 11.7. The Labute approximate surface area is 208 Å². The fourth-order valence-corrected chi connectivity index (χ4v) is 5.73. The summed E-state index contributed by atoms with van der Waals surface area (Å²) >= 11 is 0. The summed E-state index contributed by atoms with van der Waals surface area (Å²) in [7, 11) is 1.67. The third-order valence-corrected chi connectivity index (χ3v) is 7.28. The van der Waals surface area contributed by atoms with Gasteiger partial charge in [0.2, 0.25) is 5.91 Å². The molecule has 7 heteroatoms. The molecule has 3 aromatic rings. The Morgan fingerprint density at radius 1 is 0.944 bits per heavy atom. The van der Waals surface area contributed by atoms with Crippen molar-refractivity contribution in [3.8, 4) is 6.07 Å². The molecule has 2 amide bonds. The molecular weight excluding hydrogens is 450 g/mol. The normalized spacial score (nSPS) is 20.8. The minimum atomic E-state index is -1.59. The maximum atomic E-state index is 14.2. The van der Waals surface area contributed by atoms with Crippen molar-refractivity contribution in [1.29, 1.82) is 5.26 Å². The summed E-state index contributed by atoms with van der Waals surface area (Å²) < 4.78 is 0. The van der Waals surface area contributed by atoms with Gasteiger partial charge in [-0.3, -0.25) is 14.5 Å². The number of nitriles is 1. The van der Waals surface area contributed by atoms with Crippen molar-refractivity contribution in [2.24, 2.45) is 5.73 Å². The molecule has 176 valence electrons. The first-order valence-corrected chi connectivity index (χ1v) is 11.7. The van der Waals surface area contributed by atoms with Gasteiger partial charge in [-0.05, 0) is 23.8 Å². The van der Waals surface area contributed by atoms with Crippen molar-refractivity contribution in [2.45, 2.75) is 12.0 Å². The molecule has 0 aliphatic carbocycles. The van der Waals surface area contributed by atoms with E-state index >= 15 is 0 Å². The van der Waals surface area contributed by atoms with E-state index in [0.29, 0.717) is 29.1 Å². The molecule has 1 unspecified atom stereocenters. The van der Waals surface area contributed by atoms with E-state index in [1.807, 2.05) is 84.9 Å². The van der Waals surface area contributed by atoms with E-state index < -0.39 is 5.41 Å². The van der Waals surface area contributed by atoms with Crippen LogP contribution in [0.2, 0.25) is 0 Å². The molecule has 7 nitrogen and oxygen atoms in total. The van der Waals surface area contributed by atoms with Gasteiger partial charge in [-0.15, -0.1) is 0 Å². The highest BCUT2D eigenvalue weighted by atomic mass is 16.2. The van der Waals surface area contributed by atoms with E-state index in [-0.39, 0.29) is 29.8 Å². The SMILES string of the molecule is CN1C(=O)C2(C(C#N)=C(N)N(c3ccccc3)C3=C2C(=O)N(Cc2ccccc2)C3)c2ccccc21. The molecule has 3 heterocycles. The van der Waals surface area contributed by atoms with Gasteiger partial charge in [-0.1, -0.05) is 66.7 Å². The average Bonchev–Trinajstić information content (AvgIpc) is 3.33. The molecule has 1 spiro atoms. The summed E-state index contributed by atoms with van der Waals surface area (Å²) in [5.41, 5.74) is 9.11. The summed E-state index contributed by atoms with van der Waals surface area (Å²) in [5.74, 6) is -0.456. The third-order valence-electron chi connectivity index (χ3n) is 7.28. The number of nitrogens with zero attached hydrogens (tertiary/aromatic N) is 4. The van der Waals surface area contributed by atoms with Gasteiger partial charge >= 0.3 is 0 Å². The second-order valence-corrected chi connectivity index (χ2v) is 9.14. The van der Waals surface area contributed by atoms with Gasteiger partial charge in [-0.25, -0.2) is 0 Å². The lowest BCUT2D eigenvalue weighted by Gasteiger charge is -2.39. The van der Waals surface area contributed by atoms with Crippen molar-refractivity contribution in [1.82, 2.24) is 4.90 Å². The lowest BCUT2D eigenvalue weighted by atomic mass is 9.67. The topological polar surface area (TPSA) is 93.7 Å². The van der Waals surface area contributed by atoms with Crippen LogP contribution >= 0.6 is 0 Å². The maximum Gasteiger partial charge on any atom is 0.254 e. The van der Waals surface area contributed by atoms with Crippen molar-refractivity contribution >= 4 is 23.2 Å². The minimum absolute atomic E-state index is 0.0711. The molecule has 36 heavy (non-hydrogen) atoms. The highest BCUT2D eigenvalue weighted by molar-refractivity contribution is 6.20. The number of carbonyl (C=O) groups is 2. The zero-order chi connectivity index (χ0) is 25.0. The predicted molar refractivity (Wildman–Crippen MR) is 136 cm³/mol. The number of anilines is 2. The Balaban J connectivity index is 1.62. The van der Waals surface area contributed by atoms with Crippen LogP contribution in [0.4, 0.5) is 11.4 Å². The number of likely N-dealkylation sites (N-methyl/N-ethyl adjacent to an activating group) is 1. The van der Waals surface area contributed by atoms with Crippen LogP contribution in [0.25, 0.3) is 0 Å². The van der Waals surface area contributed by atoms with E-state index in [2.05, 4.69) is 6.07 Å². The average molecular weight is 474 g/mol. The van der Waals surface area contributed by atoms with Gasteiger partial charge in [0, 0.05) is 30.5 Å². The number of fused-ring (bicyclic) bond motifs is 3. The van der Waals surface area contributed by atoms with Crippen molar-refractivity contribution in [3.63, 3.8) is 0 Å². The van der Waals surface area contributed by atoms with Crippen LogP contribution in [0.15, 0.2) is 108 Å². The smallest absolute Gasteiger partial charge is 0.254 e. The first kappa shape index (κ1) is 21.7. The predicted octanol–water partition coefficient (Wildman–Crippen LogP) is 3.41. The van der Waals surface area contributed by atoms with Gasteiger partial charge < -0.3 is 15.5 Å². The van der Waals surface area contributed by atoms with E-state index in [1.165, 1.54) is 4.90 Å². The molecule has 3 aliphatic heterocycles. The number of hydrogen-bond donors (Lipinski definition) is 1. The molecule has 1 atom stereocenters. The number of para-hydroxylation sites is 2. The van der Waals surface area contributed by atoms with Gasteiger partial charge in [0.25, 0.3) is 5.91 Å². The maximum absolute atomic E-state index is 14.2. The molecule has 3 aliphatic rings. The monoisotopic (exact) mass is 473 g/mol. The van der Waals surface area contributed by atoms with Crippen LogP contribution in [0.1, 0.15) is 11.1 Å². The molecule has 0 radical (unpaired) electrons. The fourth-order valence-electron chi connectivity index (χ4n) is 5.73. The highest BCUT2D eigenvalue weighted by Crippen LogP contribution is 2.56. The fraction of sp³-hybridized carbons (Fsp3) is 0.138. The molecular formula is C29H23N5O2. The van der Waals surface area contributed by atoms with Crippen LogP contribution in [0.3, 0.4) is 0 Å². The number of hydrogen-bond acceptors (Lipinski definition) is 5. The largest absolute Gasteiger partial charge is 0.384 e. The molecule has 0 bridgehead atoms. The number of carbonyl (C=O) groups excluding carboxylic acids is 2. The van der Waals surface area contributed by atoms with Crippen LogP contribution in [0.5, 0.6) is 0 Å². The minimum Gasteiger partial charge on any atom is -0.384 e. The van der Waals surface area contributed by atoms with Crippen LogP contribution in [0, 0.1) is 11.3 Å². The third kappa shape index (κ3) is 2.72. The Morgan fingerprint density at radius 2 is 1.58 bits per heavy atom. The molecule has 0 fully saturated rings. The zero-order valence-corrected chi connectivity index (χ0v) is 19.7. The quantitative estimate of drug-likeness (QED) is 0.629. The Bertz CT molecular complexity index is 1520. The summed E-state index contributed by atoms with van der Waals surface area (Å²) in [6, 6.07) is 28.7. The van der Waals surface area contributed by atoms with Crippen LogP contribution in [-0.2, 0) is 21.5 Å². The summed E-state index contributed by atoms with van der Waals surface area (Å²) in [4.78, 5) is 33.3. The summed E-state index contributed by atoms with van der Waals surface area (Å²) in [5, 5.41) is 10.5. The number of amides is 2. The second kappa shape index (κ2) is 7.85. The Kier molecular flexibility index (Phi) is 4.73. The van der Waals surface area contributed by atoms with Crippen molar-refractivity contribution < 1.29 is 9.59 Å². The van der Waals surface area contributed by atoms with E-state index in [0.717, 1.165) is 11.3 Å². The van der Waals surface area contributed by atoms with Crippen molar-refractivity contribution in [3.05, 3.63) is 119 Å². The van der Waals surface area contributed by atoms with Crippen LogP contribution in [-0.4, -0.2) is 30.3 Å². The lowest BCUT2D eigenvalue weighted by molar-refractivity contribution is -0.129. The summed E-state index contributed by atoms with van der Waals surface area (Å²) in [6.45, 7) is 0.636. The molecule has 0 saturated heterocycles. The molecule has 2 N–H and O–H groups in total. The van der Waals surface area contributed by atoms with E-state index in [1.54, 1.807) is 16.8 Å². The summed E-state index contributed by atoms with van der Waals surface area (Å²) in [6.07, 6.45) is 0. The van der Waals surface area contributed by atoms with Gasteiger partial charge in [0.15, 0.2) is 0 Å². The Hall–Kier alpha value is -4.83. The lowest BCUT2D eigenvalue weighted by Crippen LogP contribution is -2.50. The molecule has 3 aromatic carbocycles. The number of nitrogens with two attached hydrogens (primary N) is 1. The van der Waals surface area contributed by atoms with Gasteiger partial charge in [-0.2, -0.15) is 5.26 Å². The molecule has 0 saturated carbocycles. The number of benzene rings is 3. The Morgan fingerprint density at radius 3 is 2.28 bits per heavy atom. The van der Waals surface area contributed by atoms with E-state index in [4.69, 9.17) is 5.73 Å². The van der Waals surface area contributed by atoms with Gasteiger partial charge in [0.05, 0.1) is 23.4 Å². The standard InChI is InChI=1S/C29H23N5O2/c1-32-23-15-9-8-14-21(23)29(28(32)36)22(16-30)26(31)34(20-12-6-3-7-13-20)24-18-33(27(35)25(24)29)17-19-10-4-2-5-11-19/h2-15H,17-18,31H2,1H3. The second-order valence-electron chi connectivity index (χ2n) is 9.14.